The molecule has 1 saturated carbocycles. The first-order chi connectivity index (χ1) is 10.2. The number of nitrogens with zero attached hydrogens (tertiary/aromatic N) is 1. The molecular formula is C17H18FNO2. The van der Waals surface area contributed by atoms with Gasteiger partial charge in [-0.15, -0.1) is 0 Å². The second-order valence-electron chi connectivity index (χ2n) is 6.12. The van der Waals surface area contributed by atoms with Crippen molar-refractivity contribution in [3.63, 3.8) is 0 Å². The van der Waals surface area contributed by atoms with E-state index >= 15 is 0 Å². The molecule has 21 heavy (non-hydrogen) atoms. The van der Waals surface area contributed by atoms with Crippen LogP contribution in [-0.4, -0.2) is 15.8 Å². The molecule has 0 saturated heterocycles. The zero-order valence-electron chi connectivity index (χ0n) is 11.7. The van der Waals surface area contributed by atoms with E-state index in [1.54, 1.807) is 12.1 Å². The highest BCUT2D eigenvalue weighted by molar-refractivity contribution is 5.37. The van der Waals surface area contributed by atoms with Gasteiger partial charge in [0.15, 0.2) is 0 Å². The summed E-state index contributed by atoms with van der Waals surface area (Å²) in [5, 5.41) is 10.1. The summed E-state index contributed by atoms with van der Waals surface area (Å²) in [5.41, 5.74) is 1.92. The molecule has 1 aliphatic heterocycles. The highest BCUT2D eigenvalue weighted by Gasteiger charge is 2.31. The van der Waals surface area contributed by atoms with Crippen LogP contribution in [0.4, 0.5) is 4.39 Å². The molecule has 110 valence electrons. The topological polar surface area (TPSA) is 34.4 Å². The summed E-state index contributed by atoms with van der Waals surface area (Å²) >= 11 is 0. The third kappa shape index (κ3) is 2.56. The molecule has 1 N–H and O–H groups in total. The maximum absolute atomic E-state index is 13.2. The van der Waals surface area contributed by atoms with Gasteiger partial charge >= 0.3 is 0 Å². The van der Waals surface area contributed by atoms with Crippen LogP contribution in [0.1, 0.15) is 30.1 Å². The normalized spacial score (nSPS) is 21.9. The second kappa shape index (κ2) is 4.88. The second-order valence-corrected chi connectivity index (χ2v) is 6.12. The summed E-state index contributed by atoms with van der Waals surface area (Å²) in [7, 11) is 0. The molecule has 0 spiro atoms. The van der Waals surface area contributed by atoms with Gasteiger partial charge in [-0.3, -0.25) is 0 Å². The zero-order chi connectivity index (χ0) is 14.4. The van der Waals surface area contributed by atoms with Crippen LogP contribution in [0.15, 0.2) is 36.7 Å². The summed E-state index contributed by atoms with van der Waals surface area (Å²) in [6.45, 7) is 0.716. The Bertz CT molecular complexity index is 663. The van der Waals surface area contributed by atoms with Crippen molar-refractivity contribution in [2.24, 2.45) is 5.92 Å². The van der Waals surface area contributed by atoms with E-state index in [1.165, 1.54) is 6.07 Å². The molecule has 1 aromatic heterocycles. The molecular weight excluding hydrogens is 269 g/mol. The van der Waals surface area contributed by atoms with Gasteiger partial charge in [0.2, 0.25) is 0 Å². The minimum absolute atomic E-state index is 0.0279. The average Bonchev–Trinajstić information content (AvgIpc) is 3.09. The lowest BCUT2D eigenvalue weighted by atomic mass is 10.1. The van der Waals surface area contributed by atoms with Crippen molar-refractivity contribution in [2.45, 2.75) is 38.0 Å². The van der Waals surface area contributed by atoms with Crippen molar-refractivity contribution in [2.75, 3.05) is 0 Å². The molecule has 0 radical (unpaired) electrons. The van der Waals surface area contributed by atoms with Crippen LogP contribution in [0, 0.1) is 11.7 Å². The van der Waals surface area contributed by atoms with E-state index in [9.17, 15) is 9.50 Å². The fourth-order valence-corrected chi connectivity index (χ4v) is 3.06. The number of rotatable bonds is 4. The van der Waals surface area contributed by atoms with E-state index in [1.807, 2.05) is 23.0 Å². The van der Waals surface area contributed by atoms with Crippen molar-refractivity contribution in [1.29, 1.82) is 0 Å². The molecule has 2 aromatic rings. The number of hydrogen-bond acceptors (Lipinski definition) is 2. The van der Waals surface area contributed by atoms with Crippen LogP contribution in [-0.2, 0) is 13.0 Å². The Hall–Kier alpha value is -1.81. The van der Waals surface area contributed by atoms with E-state index in [-0.39, 0.29) is 18.0 Å². The van der Waals surface area contributed by atoms with E-state index in [0.717, 1.165) is 36.1 Å². The fraction of sp³-hybridized carbons (Fsp3) is 0.412. The lowest BCUT2D eigenvalue weighted by Crippen LogP contribution is -2.19. The average molecular weight is 287 g/mol. The predicted molar refractivity (Wildman–Crippen MR) is 76.6 cm³/mol. The van der Waals surface area contributed by atoms with E-state index < -0.39 is 0 Å². The first-order valence-electron chi connectivity index (χ1n) is 7.48. The molecule has 2 heterocycles. The Morgan fingerprint density at radius 3 is 3.00 bits per heavy atom. The maximum Gasteiger partial charge on any atom is 0.123 e. The molecule has 2 atom stereocenters. The Labute approximate surface area is 123 Å². The van der Waals surface area contributed by atoms with E-state index in [4.69, 9.17) is 4.74 Å². The van der Waals surface area contributed by atoms with E-state index in [0.29, 0.717) is 12.5 Å². The highest BCUT2D eigenvalue weighted by atomic mass is 19.1. The number of benzene rings is 1. The highest BCUT2D eigenvalue weighted by Crippen LogP contribution is 2.41. The van der Waals surface area contributed by atoms with Crippen molar-refractivity contribution in [3.05, 3.63) is 53.6 Å². The number of halogens is 1. The number of fused-ring (bicyclic) bond motifs is 1. The lowest BCUT2D eigenvalue weighted by molar-refractivity contribution is 0.153. The van der Waals surface area contributed by atoms with Crippen LogP contribution in [0.3, 0.4) is 0 Å². The monoisotopic (exact) mass is 287 g/mol. The molecule has 2 unspecified atom stereocenters. The Morgan fingerprint density at radius 1 is 1.33 bits per heavy atom. The summed E-state index contributed by atoms with van der Waals surface area (Å²) < 4.78 is 21.1. The SMILES string of the molecule is OC(c1ccn(CC2Cc3cc(F)ccc3O2)c1)C1CC1. The van der Waals surface area contributed by atoms with Gasteiger partial charge in [-0.2, -0.15) is 0 Å². The van der Waals surface area contributed by atoms with Crippen LogP contribution in [0.25, 0.3) is 0 Å². The molecule has 3 nitrogen and oxygen atoms in total. The largest absolute Gasteiger partial charge is 0.488 e. The lowest BCUT2D eigenvalue weighted by Gasteiger charge is -2.12. The third-order valence-electron chi connectivity index (χ3n) is 4.36. The number of aromatic nitrogens is 1. The maximum atomic E-state index is 13.2. The van der Waals surface area contributed by atoms with Gasteiger partial charge in [-0.25, -0.2) is 4.39 Å². The molecule has 4 rings (SSSR count). The standard InChI is InChI=1S/C17H18FNO2/c18-14-3-4-16-13(7-14)8-15(21-16)10-19-6-5-12(9-19)17(20)11-1-2-11/h3-7,9,11,15,17,20H,1-2,8,10H2. The van der Waals surface area contributed by atoms with Gasteiger partial charge in [0.25, 0.3) is 0 Å². The zero-order valence-corrected chi connectivity index (χ0v) is 11.7. The van der Waals surface area contributed by atoms with Crippen LogP contribution < -0.4 is 4.74 Å². The van der Waals surface area contributed by atoms with Gasteiger partial charge in [0, 0.05) is 24.4 Å². The van der Waals surface area contributed by atoms with Crippen LogP contribution in [0.5, 0.6) is 5.75 Å². The third-order valence-corrected chi connectivity index (χ3v) is 4.36. The first kappa shape index (κ1) is 12.9. The molecule has 1 fully saturated rings. The molecule has 1 aromatic carbocycles. The Kier molecular flexibility index (Phi) is 3.00. The number of hydrogen-bond donors (Lipinski definition) is 1. The Balaban J connectivity index is 1.43. The molecule has 0 bridgehead atoms. The molecule has 1 aliphatic carbocycles. The summed E-state index contributed by atoms with van der Waals surface area (Å²) in [6, 6.07) is 6.65. The van der Waals surface area contributed by atoms with Gasteiger partial charge in [-0.1, -0.05) is 0 Å². The smallest absolute Gasteiger partial charge is 0.123 e. The summed E-state index contributed by atoms with van der Waals surface area (Å²) in [4.78, 5) is 0. The number of ether oxygens (including phenoxy) is 1. The Morgan fingerprint density at radius 2 is 2.19 bits per heavy atom. The van der Waals surface area contributed by atoms with Crippen LogP contribution >= 0.6 is 0 Å². The number of aliphatic hydroxyl groups is 1. The minimum Gasteiger partial charge on any atom is -0.488 e. The molecule has 4 heteroatoms. The van der Waals surface area contributed by atoms with Crippen molar-refractivity contribution in [1.82, 2.24) is 4.57 Å². The number of aliphatic hydroxyl groups excluding tert-OH is 1. The van der Waals surface area contributed by atoms with Crippen molar-refractivity contribution >= 4 is 0 Å². The van der Waals surface area contributed by atoms with Gasteiger partial charge in [0.1, 0.15) is 17.7 Å². The fourth-order valence-electron chi connectivity index (χ4n) is 3.06. The van der Waals surface area contributed by atoms with Crippen molar-refractivity contribution in [3.8, 4) is 5.75 Å². The van der Waals surface area contributed by atoms with Gasteiger partial charge in [0.05, 0.1) is 12.6 Å². The van der Waals surface area contributed by atoms with Gasteiger partial charge in [-0.05, 0) is 48.6 Å². The van der Waals surface area contributed by atoms with Crippen LogP contribution in [0.2, 0.25) is 0 Å². The minimum atomic E-state index is -0.331. The molecule has 0 amide bonds. The summed E-state index contributed by atoms with van der Waals surface area (Å²) in [6.07, 6.45) is 6.65. The molecule has 2 aliphatic rings. The van der Waals surface area contributed by atoms with Gasteiger partial charge < -0.3 is 14.4 Å². The van der Waals surface area contributed by atoms with E-state index in [2.05, 4.69) is 0 Å². The first-order valence-corrected chi connectivity index (χ1v) is 7.48. The summed E-state index contributed by atoms with van der Waals surface area (Å²) in [5.74, 6) is 1.01. The van der Waals surface area contributed by atoms with Crippen molar-refractivity contribution < 1.29 is 14.2 Å². The quantitative estimate of drug-likeness (QED) is 0.937. The predicted octanol–water partition coefficient (Wildman–Crippen LogP) is 3.07.